The number of carbonyl (C=O) groups excluding carboxylic acids is 1. The zero-order valence-electron chi connectivity index (χ0n) is 11.3. The number of hydrazone groups is 1. The molecule has 4 rings (SSSR count). The van der Waals surface area contributed by atoms with Crippen molar-refractivity contribution < 1.29 is 4.79 Å². The van der Waals surface area contributed by atoms with Crippen molar-refractivity contribution in [2.45, 2.75) is 13.3 Å². The quantitative estimate of drug-likeness (QED) is 0.724. The van der Waals surface area contributed by atoms with Crippen molar-refractivity contribution in [2.24, 2.45) is 11.0 Å². The van der Waals surface area contributed by atoms with Gasteiger partial charge in [-0.15, -0.1) is 0 Å². The molecule has 0 saturated carbocycles. The van der Waals surface area contributed by atoms with Crippen LogP contribution in [0.5, 0.6) is 0 Å². The SMILES string of the molecule is CC1CC(=O)NN=C1c1ccc2ncn3ncnc3c2c1. The van der Waals surface area contributed by atoms with E-state index in [4.69, 9.17) is 0 Å². The molecule has 7 heteroatoms. The van der Waals surface area contributed by atoms with E-state index in [9.17, 15) is 4.79 Å². The Kier molecular flexibility index (Phi) is 2.47. The van der Waals surface area contributed by atoms with Crippen molar-refractivity contribution in [3.63, 3.8) is 0 Å². The Morgan fingerprint density at radius 2 is 2.24 bits per heavy atom. The molecule has 104 valence electrons. The number of hydrogen-bond acceptors (Lipinski definition) is 5. The lowest BCUT2D eigenvalue weighted by Gasteiger charge is -2.19. The maximum atomic E-state index is 11.4. The first-order valence-corrected chi connectivity index (χ1v) is 6.67. The Balaban J connectivity index is 1.92. The minimum Gasteiger partial charge on any atom is -0.273 e. The number of nitrogens with one attached hydrogen (secondary N) is 1. The first-order chi connectivity index (χ1) is 10.2. The van der Waals surface area contributed by atoms with Gasteiger partial charge in [-0.25, -0.2) is 19.9 Å². The fourth-order valence-corrected chi connectivity index (χ4v) is 2.63. The third-order valence-electron chi connectivity index (χ3n) is 3.67. The van der Waals surface area contributed by atoms with Crippen LogP contribution in [0.4, 0.5) is 0 Å². The zero-order valence-corrected chi connectivity index (χ0v) is 11.3. The smallest absolute Gasteiger partial charge is 0.240 e. The molecule has 1 aromatic carbocycles. The summed E-state index contributed by atoms with van der Waals surface area (Å²) in [7, 11) is 0. The number of fused-ring (bicyclic) bond motifs is 3. The van der Waals surface area contributed by atoms with Crippen LogP contribution < -0.4 is 5.43 Å². The van der Waals surface area contributed by atoms with Crippen LogP contribution in [-0.4, -0.2) is 31.2 Å². The first-order valence-electron chi connectivity index (χ1n) is 6.67. The van der Waals surface area contributed by atoms with Gasteiger partial charge in [0.2, 0.25) is 5.91 Å². The third-order valence-corrected chi connectivity index (χ3v) is 3.67. The highest BCUT2D eigenvalue weighted by Crippen LogP contribution is 2.22. The summed E-state index contributed by atoms with van der Waals surface area (Å²) in [4.78, 5) is 20.0. The fraction of sp³-hybridized carbons (Fsp3) is 0.214. The van der Waals surface area contributed by atoms with Gasteiger partial charge in [-0.05, 0) is 17.7 Å². The number of aromatic nitrogens is 4. The van der Waals surface area contributed by atoms with Gasteiger partial charge >= 0.3 is 0 Å². The number of hydrogen-bond donors (Lipinski definition) is 1. The molecule has 1 amide bonds. The van der Waals surface area contributed by atoms with Crippen molar-refractivity contribution in [3.05, 3.63) is 36.4 Å². The Morgan fingerprint density at radius 3 is 3.10 bits per heavy atom. The molecule has 1 atom stereocenters. The van der Waals surface area contributed by atoms with Crippen LogP contribution >= 0.6 is 0 Å². The summed E-state index contributed by atoms with van der Waals surface area (Å²) in [6, 6.07) is 5.90. The highest BCUT2D eigenvalue weighted by molar-refractivity contribution is 6.08. The van der Waals surface area contributed by atoms with Crippen molar-refractivity contribution in [3.8, 4) is 0 Å². The summed E-state index contributed by atoms with van der Waals surface area (Å²) in [6.07, 6.45) is 3.60. The Hall–Kier alpha value is -2.83. The molecular formula is C14H12N6O. The number of carbonyl (C=O) groups is 1. The van der Waals surface area contributed by atoms with Crippen LogP contribution in [0.3, 0.4) is 0 Å². The number of rotatable bonds is 1. The van der Waals surface area contributed by atoms with Gasteiger partial charge in [0.25, 0.3) is 0 Å². The fourth-order valence-electron chi connectivity index (χ4n) is 2.63. The standard InChI is InChI=1S/C14H12N6O/c1-8-4-12(21)18-19-13(8)9-2-3-11-10(5-9)14-15-6-17-20(14)7-16-11/h2-3,5-8H,4H2,1H3,(H,18,21). The monoisotopic (exact) mass is 280 g/mol. The van der Waals surface area contributed by atoms with Crippen molar-refractivity contribution >= 4 is 28.2 Å². The largest absolute Gasteiger partial charge is 0.273 e. The molecule has 0 saturated heterocycles. The second-order valence-electron chi connectivity index (χ2n) is 5.14. The van der Waals surface area contributed by atoms with E-state index >= 15 is 0 Å². The molecule has 1 N–H and O–H groups in total. The van der Waals surface area contributed by atoms with E-state index in [2.05, 4.69) is 25.6 Å². The third kappa shape index (κ3) is 1.85. The van der Waals surface area contributed by atoms with Gasteiger partial charge in [-0.3, -0.25) is 4.79 Å². The Morgan fingerprint density at radius 1 is 1.33 bits per heavy atom. The molecule has 0 bridgehead atoms. The number of benzene rings is 1. The summed E-state index contributed by atoms with van der Waals surface area (Å²) in [6.45, 7) is 2.00. The van der Waals surface area contributed by atoms with Gasteiger partial charge in [0.15, 0.2) is 5.65 Å². The topological polar surface area (TPSA) is 84.5 Å². The van der Waals surface area contributed by atoms with E-state index in [0.29, 0.717) is 6.42 Å². The molecule has 3 aromatic rings. The molecule has 2 aromatic heterocycles. The molecule has 7 nitrogen and oxygen atoms in total. The molecule has 0 aliphatic carbocycles. The van der Waals surface area contributed by atoms with Crippen molar-refractivity contribution in [1.29, 1.82) is 0 Å². The zero-order chi connectivity index (χ0) is 14.4. The van der Waals surface area contributed by atoms with Crippen LogP contribution in [-0.2, 0) is 4.79 Å². The Labute approximate surface area is 119 Å². The van der Waals surface area contributed by atoms with E-state index in [0.717, 1.165) is 27.8 Å². The van der Waals surface area contributed by atoms with Gasteiger partial charge in [0.05, 0.1) is 11.2 Å². The predicted octanol–water partition coefficient (Wildman–Crippen LogP) is 1.14. The van der Waals surface area contributed by atoms with Gasteiger partial charge in [-0.1, -0.05) is 13.0 Å². The summed E-state index contributed by atoms with van der Waals surface area (Å²) in [5.74, 6) is 0.0373. The second-order valence-corrected chi connectivity index (χ2v) is 5.14. The number of nitrogens with zero attached hydrogens (tertiary/aromatic N) is 5. The lowest BCUT2D eigenvalue weighted by atomic mass is 9.93. The summed E-state index contributed by atoms with van der Waals surface area (Å²) in [5, 5.41) is 9.20. The highest BCUT2D eigenvalue weighted by Gasteiger charge is 2.22. The van der Waals surface area contributed by atoms with Crippen molar-refractivity contribution in [1.82, 2.24) is 25.0 Å². The molecule has 0 spiro atoms. The van der Waals surface area contributed by atoms with Crippen LogP contribution in [0.25, 0.3) is 16.6 Å². The van der Waals surface area contributed by atoms with E-state index in [1.165, 1.54) is 6.33 Å². The van der Waals surface area contributed by atoms with E-state index < -0.39 is 0 Å². The normalized spacial score (nSPS) is 18.8. The van der Waals surface area contributed by atoms with E-state index in [1.807, 2.05) is 25.1 Å². The van der Waals surface area contributed by atoms with Crippen LogP contribution in [0, 0.1) is 5.92 Å². The molecule has 0 radical (unpaired) electrons. The molecular weight excluding hydrogens is 268 g/mol. The van der Waals surface area contributed by atoms with Gasteiger partial charge in [-0.2, -0.15) is 10.2 Å². The van der Waals surface area contributed by atoms with Crippen LogP contribution in [0.15, 0.2) is 36.0 Å². The molecule has 1 unspecified atom stereocenters. The lowest BCUT2D eigenvalue weighted by Crippen LogP contribution is -2.31. The maximum absolute atomic E-state index is 11.4. The predicted molar refractivity (Wildman–Crippen MR) is 76.7 cm³/mol. The van der Waals surface area contributed by atoms with E-state index in [1.54, 1.807) is 10.8 Å². The summed E-state index contributed by atoms with van der Waals surface area (Å²) in [5.41, 5.74) is 5.99. The van der Waals surface area contributed by atoms with Gasteiger partial charge in [0.1, 0.15) is 12.7 Å². The first kappa shape index (κ1) is 12.0. The average molecular weight is 280 g/mol. The second kappa shape index (κ2) is 4.34. The lowest BCUT2D eigenvalue weighted by molar-refractivity contribution is -0.121. The summed E-state index contributed by atoms with van der Waals surface area (Å²) >= 11 is 0. The maximum Gasteiger partial charge on any atom is 0.240 e. The average Bonchev–Trinajstić information content (AvgIpc) is 2.95. The molecule has 0 fully saturated rings. The molecule has 1 aliphatic rings. The highest BCUT2D eigenvalue weighted by atomic mass is 16.2. The van der Waals surface area contributed by atoms with Crippen LogP contribution in [0.1, 0.15) is 18.9 Å². The van der Waals surface area contributed by atoms with Crippen LogP contribution in [0.2, 0.25) is 0 Å². The van der Waals surface area contributed by atoms with Gasteiger partial charge < -0.3 is 0 Å². The molecule has 1 aliphatic heterocycles. The minimum atomic E-state index is -0.0476. The van der Waals surface area contributed by atoms with E-state index in [-0.39, 0.29) is 11.8 Å². The Bertz CT molecular complexity index is 897. The van der Waals surface area contributed by atoms with Gasteiger partial charge in [0, 0.05) is 17.7 Å². The molecule has 21 heavy (non-hydrogen) atoms. The minimum absolute atomic E-state index is 0.0476. The van der Waals surface area contributed by atoms with Crippen molar-refractivity contribution in [2.75, 3.05) is 0 Å². The molecule has 3 heterocycles. The summed E-state index contributed by atoms with van der Waals surface area (Å²) < 4.78 is 1.64. The number of amides is 1.